The minimum atomic E-state index is -0.702. The van der Waals surface area contributed by atoms with Gasteiger partial charge in [0.05, 0.1) is 18.7 Å². The first-order valence-corrected chi connectivity index (χ1v) is 11.1. The molecule has 0 saturated carbocycles. The van der Waals surface area contributed by atoms with Crippen LogP contribution in [-0.2, 0) is 9.59 Å². The molecule has 2 aromatic rings. The Labute approximate surface area is 190 Å². The van der Waals surface area contributed by atoms with E-state index in [1.165, 1.54) is 4.90 Å². The first kappa shape index (κ1) is 23.4. The second kappa shape index (κ2) is 9.90. The van der Waals surface area contributed by atoms with E-state index in [2.05, 4.69) is 18.7 Å². The highest BCUT2D eigenvalue weighted by atomic mass is 16.5. The molecule has 32 heavy (non-hydrogen) atoms. The van der Waals surface area contributed by atoms with Gasteiger partial charge in [-0.15, -0.1) is 0 Å². The van der Waals surface area contributed by atoms with Crippen LogP contribution in [0.4, 0.5) is 11.4 Å². The number of aliphatic hydroxyl groups excluding tert-OH is 1. The molecule has 0 aromatic heterocycles. The maximum atomic E-state index is 13.2. The van der Waals surface area contributed by atoms with E-state index in [1.54, 1.807) is 31.4 Å². The Kier molecular flexibility index (Phi) is 7.23. The van der Waals surface area contributed by atoms with Crippen LogP contribution in [0.25, 0.3) is 0 Å². The molecule has 0 aliphatic carbocycles. The van der Waals surface area contributed by atoms with Crippen molar-refractivity contribution in [2.45, 2.75) is 40.2 Å². The Morgan fingerprint density at radius 1 is 1.12 bits per heavy atom. The summed E-state index contributed by atoms with van der Waals surface area (Å²) in [6, 6.07) is 14.2. The van der Waals surface area contributed by atoms with Crippen LogP contribution in [0.5, 0.6) is 5.75 Å². The number of ketones is 1. The minimum absolute atomic E-state index is 0.106. The zero-order valence-corrected chi connectivity index (χ0v) is 19.5. The molecule has 6 heteroatoms. The molecule has 0 spiro atoms. The smallest absolute Gasteiger partial charge is 0.294 e. The Morgan fingerprint density at radius 2 is 1.78 bits per heavy atom. The summed E-state index contributed by atoms with van der Waals surface area (Å²) in [5.74, 6) is -0.574. The molecule has 1 heterocycles. The molecule has 0 radical (unpaired) electrons. The normalized spacial score (nSPS) is 16.1. The number of rotatable bonds is 9. The maximum Gasteiger partial charge on any atom is 0.294 e. The number of anilines is 2. The number of nitrogens with zero attached hydrogens (tertiary/aromatic N) is 2. The van der Waals surface area contributed by atoms with E-state index in [-0.39, 0.29) is 23.7 Å². The Hall–Kier alpha value is -3.28. The molecule has 1 unspecified atom stereocenters. The molecular weight excluding hydrogens is 404 g/mol. The second-order valence-corrected chi connectivity index (χ2v) is 8.33. The zero-order chi connectivity index (χ0) is 23.4. The highest BCUT2D eigenvalue weighted by Crippen LogP contribution is 2.42. The van der Waals surface area contributed by atoms with Gasteiger partial charge in [0.15, 0.2) is 11.5 Å². The van der Waals surface area contributed by atoms with Gasteiger partial charge in [0.25, 0.3) is 5.91 Å². The Balaban J connectivity index is 2.11. The van der Waals surface area contributed by atoms with E-state index >= 15 is 0 Å². The molecule has 0 fully saturated rings. The summed E-state index contributed by atoms with van der Waals surface area (Å²) in [7, 11) is 1.56. The number of carbonyl (C=O) groups is 2. The second-order valence-electron chi connectivity index (χ2n) is 8.33. The van der Waals surface area contributed by atoms with Gasteiger partial charge >= 0.3 is 0 Å². The number of hydrogen-bond acceptors (Lipinski definition) is 5. The lowest BCUT2D eigenvalue weighted by atomic mass is 9.92. The number of methoxy groups -OCH3 is 1. The monoisotopic (exact) mass is 436 g/mol. The van der Waals surface area contributed by atoms with Gasteiger partial charge in [-0.25, -0.2) is 0 Å². The quantitative estimate of drug-likeness (QED) is 0.595. The average Bonchev–Trinajstić information content (AvgIpc) is 3.05. The van der Waals surface area contributed by atoms with Gasteiger partial charge in [-0.05, 0) is 49.6 Å². The third-order valence-electron chi connectivity index (χ3n) is 5.77. The predicted octanol–water partition coefficient (Wildman–Crippen LogP) is 5.06. The van der Waals surface area contributed by atoms with Gasteiger partial charge in [0.1, 0.15) is 5.75 Å². The predicted molar refractivity (Wildman–Crippen MR) is 127 cm³/mol. The maximum absolute atomic E-state index is 13.2. The molecule has 2 aromatic carbocycles. The fraction of sp³-hybridized carbons (Fsp3) is 0.385. The fourth-order valence-electron chi connectivity index (χ4n) is 4.17. The summed E-state index contributed by atoms with van der Waals surface area (Å²) >= 11 is 0. The van der Waals surface area contributed by atoms with Gasteiger partial charge < -0.3 is 14.7 Å². The summed E-state index contributed by atoms with van der Waals surface area (Å²) in [6.45, 7) is 9.85. The number of hydrogen-bond donors (Lipinski definition) is 1. The van der Waals surface area contributed by atoms with Crippen LogP contribution in [0.1, 0.15) is 45.7 Å². The number of amides is 1. The lowest BCUT2D eigenvalue weighted by Gasteiger charge is -2.28. The van der Waals surface area contributed by atoms with Crippen molar-refractivity contribution in [2.75, 3.05) is 30.0 Å². The Bertz CT molecular complexity index is 1010. The molecule has 1 aliphatic rings. The SMILES string of the molecule is CCN(CC)c1ccc(C2C(C(=O)CC(C)C)=C(O)C(=O)N2c2cccc(OC)c2)cc1. The number of benzene rings is 2. The van der Waals surface area contributed by atoms with Crippen molar-refractivity contribution in [3.8, 4) is 5.75 Å². The van der Waals surface area contributed by atoms with Crippen molar-refractivity contribution >= 4 is 23.1 Å². The van der Waals surface area contributed by atoms with Crippen molar-refractivity contribution < 1.29 is 19.4 Å². The third-order valence-corrected chi connectivity index (χ3v) is 5.77. The Morgan fingerprint density at radius 3 is 2.34 bits per heavy atom. The summed E-state index contributed by atoms with van der Waals surface area (Å²) < 4.78 is 5.32. The number of carbonyl (C=O) groups excluding carboxylic acids is 2. The molecule has 1 aliphatic heterocycles. The van der Waals surface area contributed by atoms with Crippen LogP contribution < -0.4 is 14.5 Å². The fourth-order valence-corrected chi connectivity index (χ4v) is 4.17. The van der Waals surface area contributed by atoms with Gasteiger partial charge in [-0.3, -0.25) is 14.5 Å². The average molecular weight is 437 g/mol. The largest absolute Gasteiger partial charge is 0.503 e. The van der Waals surface area contributed by atoms with Crippen molar-refractivity contribution in [3.05, 3.63) is 65.4 Å². The highest BCUT2D eigenvalue weighted by Gasteiger charge is 2.44. The number of ether oxygens (including phenoxy) is 1. The molecule has 1 N–H and O–H groups in total. The van der Waals surface area contributed by atoms with Crippen LogP contribution in [0.2, 0.25) is 0 Å². The van der Waals surface area contributed by atoms with Crippen LogP contribution in [0, 0.1) is 5.92 Å². The molecule has 170 valence electrons. The minimum Gasteiger partial charge on any atom is -0.503 e. The van der Waals surface area contributed by atoms with Crippen molar-refractivity contribution in [3.63, 3.8) is 0 Å². The lowest BCUT2D eigenvalue weighted by molar-refractivity contribution is -0.118. The standard InChI is InChI=1S/C26H32N2O4/c1-6-27(7-2)19-13-11-18(12-14-19)24-23(22(29)15-17(3)4)25(30)26(31)28(24)20-9-8-10-21(16-20)32-5/h8-14,16-17,24,30H,6-7,15H2,1-5H3. The van der Waals surface area contributed by atoms with Crippen molar-refractivity contribution in [1.82, 2.24) is 0 Å². The highest BCUT2D eigenvalue weighted by molar-refractivity contribution is 6.16. The van der Waals surface area contributed by atoms with E-state index < -0.39 is 17.7 Å². The van der Waals surface area contributed by atoms with Crippen molar-refractivity contribution in [1.29, 1.82) is 0 Å². The van der Waals surface area contributed by atoms with E-state index in [4.69, 9.17) is 4.74 Å². The topological polar surface area (TPSA) is 70.1 Å². The summed E-state index contributed by atoms with van der Waals surface area (Å²) in [5.41, 5.74) is 2.56. The van der Waals surface area contributed by atoms with E-state index in [1.807, 2.05) is 38.1 Å². The van der Waals surface area contributed by atoms with E-state index in [9.17, 15) is 14.7 Å². The first-order valence-electron chi connectivity index (χ1n) is 11.1. The third kappa shape index (κ3) is 4.49. The van der Waals surface area contributed by atoms with Crippen LogP contribution >= 0.6 is 0 Å². The van der Waals surface area contributed by atoms with Crippen LogP contribution in [0.15, 0.2) is 59.9 Å². The summed E-state index contributed by atoms with van der Waals surface area (Å²) in [5, 5.41) is 10.8. The molecule has 1 atom stereocenters. The first-order chi connectivity index (χ1) is 15.3. The van der Waals surface area contributed by atoms with Gasteiger partial charge in [-0.1, -0.05) is 32.0 Å². The molecular formula is C26H32N2O4. The van der Waals surface area contributed by atoms with Gasteiger partial charge in [-0.2, -0.15) is 0 Å². The van der Waals surface area contributed by atoms with Crippen LogP contribution in [0.3, 0.4) is 0 Å². The number of aliphatic hydroxyl groups is 1. The van der Waals surface area contributed by atoms with Gasteiger partial charge in [0.2, 0.25) is 0 Å². The molecule has 0 saturated heterocycles. The molecule has 0 bridgehead atoms. The van der Waals surface area contributed by atoms with Gasteiger partial charge in [0, 0.05) is 37.0 Å². The zero-order valence-electron chi connectivity index (χ0n) is 19.5. The molecule has 3 rings (SSSR count). The van der Waals surface area contributed by atoms with E-state index in [0.29, 0.717) is 11.4 Å². The van der Waals surface area contributed by atoms with Crippen LogP contribution in [-0.4, -0.2) is 37.0 Å². The lowest BCUT2D eigenvalue weighted by Crippen LogP contribution is -2.31. The molecule has 6 nitrogen and oxygen atoms in total. The summed E-state index contributed by atoms with van der Waals surface area (Å²) in [4.78, 5) is 30.0. The number of Topliss-reactive ketones (excluding diaryl/α,β-unsaturated/α-hetero) is 1. The van der Waals surface area contributed by atoms with E-state index in [0.717, 1.165) is 24.3 Å². The van der Waals surface area contributed by atoms with Crippen molar-refractivity contribution in [2.24, 2.45) is 5.92 Å². The molecule has 1 amide bonds. The summed E-state index contributed by atoms with van der Waals surface area (Å²) in [6.07, 6.45) is 0.257.